The van der Waals surface area contributed by atoms with Crippen molar-refractivity contribution in [2.75, 3.05) is 6.26 Å². The summed E-state index contributed by atoms with van der Waals surface area (Å²) in [4.78, 5) is 1.28. The summed E-state index contributed by atoms with van der Waals surface area (Å²) in [7, 11) is 0. The van der Waals surface area contributed by atoms with Gasteiger partial charge in [0.1, 0.15) is 0 Å². The van der Waals surface area contributed by atoms with Crippen LogP contribution in [0.2, 0.25) is 0 Å². The van der Waals surface area contributed by atoms with Crippen LogP contribution in [-0.4, -0.2) is 10.8 Å². The van der Waals surface area contributed by atoms with E-state index in [1.165, 1.54) is 21.2 Å². The van der Waals surface area contributed by atoms with Crippen LogP contribution in [-0.2, 0) is 0 Å². The summed E-state index contributed by atoms with van der Waals surface area (Å²) in [5.74, 6) is 0.288. The second kappa shape index (κ2) is 6.97. The molecule has 128 valence electrons. The molecule has 0 N–H and O–H groups in total. The van der Waals surface area contributed by atoms with Crippen LogP contribution in [0.4, 0.5) is 0 Å². The fraction of sp³-hybridized carbons (Fsp3) is 0.217. The lowest BCUT2D eigenvalue weighted by molar-refractivity contribution is 0.479. The second-order valence-electron chi connectivity index (χ2n) is 6.66. The molecule has 0 aliphatic carbocycles. The number of fused-ring (bicyclic) bond motifs is 1. The van der Waals surface area contributed by atoms with Crippen LogP contribution in [0.15, 0.2) is 65.6 Å². The van der Waals surface area contributed by atoms with E-state index in [2.05, 4.69) is 92.9 Å². The summed E-state index contributed by atoms with van der Waals surface area (Å²) in [5.41, 5.74) is 2.43. The first-order valence-electron chi connectivity index (χ1n) is 8.52. The molecular formula is C23H25NS. The zero-order valence-electron chi connectivity index (χ0n) is 15.3. The third-order valence-corrected chi connectivity index (χ3v) is 5.77. The van der Waals surface area contributed by atoms with Crippen molar-refractivity contribution in [2.45, 2.75) is 30.7 Å². The Balaban J connectivity index is 2.15. The first-order valence-corrected chi connectivity index (χ1v) is 9.74. The molecule has 2 unspecified atom stereocenters. The minimum Gasteiger partial charge on any atom is -0.334 e. The van der Waals surface area contributed by atoms with Crippen LogP contribution >= 0.6 is 11.8 Å². The average Bonchev–Trinajstić information content (AvgIpc) is 2.87. The van der Waals surface area contributed by atoms with Crippen molar-refractivity contribution in [3.05, 3.63) is 76.9 Å². The first kappa shape index (κ1) is 17.6. The average molecular weight is 348 g/mol. The lowest BCUT2D eigenvalue weighted by atomic mass is 9.89. The van der Waals surface area contributed by atoms with E-state index in [-0.39, 0.29) is 12.0 Å². The number of aromatic nitrogens is 1. The Kier molecular flexibility index (Phi) is 4.91. The Morgan fingerprint density at radius 1 is 0.960 bits per heavy atom. The molecule has 0 saturated carbocycles. The number of thioether (sulfide) groups is 1. The molecule has 3 rings (SSSR count). The Labute approximate surface area is 154 Å². The van der Waals surface area contributed by atoms with Gasteiger partial charge < -0.3 is 4.57 Å². The number of nitrogens with zero attached hydrogens (tertiary/aromatic N) is 1. The molecule has 2 heteroatoms. The van der Waals surface area contributed by atoms with E-state index in [0.717, 1.165) is 16.3 Å². The normalized spacial score (nSPS) is 13.7. The largest absolute Gasteiger partial charge is 0.334 e. The molecule has 1 aromatic heterocycles. The van der Waals surface area contributed by atoms with Gasteiger partial charge in [0.25, 0.3) is 0 Å². The van der Waals surface area contributed by atoms with Gasteiger partial charge in [-0.25, -0.2) is 0 Å². The van der Waals surface area contributed by atoms with Gasteiger partial charge >= 0.3 is 0 Å². The molecule has 0 saturated heterocycles. The predicted molar refractivity (Wildman–Crippen MR) is 113 cm³/mol. The van der Waals surface area contributed by atoms with Gasteiger partial charge in [0.2, 0.25) is 0 Å². The standard InChI is InChI=1S/C23H25NS/c1-15(2)23(16(3)19-11-13-20(25-6)14-12-19)24-17(4)21-9-7-8-10-22(21)18(24)5/h7-14,16,23H,1,4-5H2,2-3,6H3. The molecule has 25 heavy (non-hydrogen) atoms. The molecule has 0 spiro atoms. The number of rotatable bonds is 5. The molecule has 2 aromatic carbocycles. The van der Waals surface area contributed by atoms with Crippen LogP contribution in [0.25, 0.3) is 23.9 Å². The molecule has 2 atom stereocenters. The highest BCUT2D eigenvalue weighted by Gasteiger charge is 2.23. The molecule has 0 fully saturated rings. The zero-order valence-corrected chi connectivity index (χ0v) is 16.1. The Bertz CT molecular complexity index is 964. The molecule has 0 radical (unpaired) electrons. The molecule has 1 nitrogen and oxygen atoms in total. The van der Waals surface area contributed by atoms with E-state index in [1.807, 2.05) is 0 Å². The lowest BCUT2D eigenvalue weighted by Crippen LogP contribution is -2.33. The van der Waals surface area contributed by atoms with Gasteiger partial charge in [0, 0.05) is 32.3 Å². The topological polar surface area (TPSA) is 4.93 Å². The molecule has 0 amide bonds. The van der Waals surface area contributed by atoms with E-state index < -0.39 is 0 Å². The smallest absolute Gasteiger partial charge is 0.0612 e. The highest BCUT2D eigenvalue weighted by atomic mass is 32.2. The van der Waals surface area contributed by atoms with Crippen molar-refractivity contribution in [3.8, 4) is 0 Å². The second-order valence-corrected chi connectivity index (χ2v) is 7.54. The fourth-order valence-electron chi connectivity index (χ4n) is 3.71. The van der Waals surface area contributed by atoms with Crippen LogP contribution < -0.4 is 10.7 Å². The number of allylic oxidation sites excluding steroid dienone is 1. The Hall–Kier alpha value is -2.19. The molecular weight excluding hydrogens is 322 g/mol. The van der Waals surface area contributed by atoms with Crippen LogP contribution in [0.5, 0.6) is 0 Å². The highest BCUT2D eigenvalue weighted by molar-refractivity contribution is 7.98. The minimum atomic E-state index is 0.132. The number of benzene rings is 2. The van der Waals surface area contributed by atoms with E-state index in [4.69, 9.17) is 0 Å². The maximum Gasteiger partial charge on any atom is 0.0612 e. The highest BCUT2D eigenvalue weighted by Crippen LogP contribution is 2.33. The van der Waals surface area contributed by atoms with Crippen molar-refractivity contribution in [1.29, 1.82) is 0 Å². The summed E-state index contributed by atoms with van der Waals surface area (Å²) in [6.07, 6.45) is 2.10. The first-order chi connectivity index (χ1) is 12.0. The van der Waals surface area contributed by atoms with Crippen LogP contribution in [0.3, 0.4) is 0 Å². The van der Waals surface area contributed by atoms with E-state index in [0.29, 0.717) is 0 Å². The van der Waals surface area contributed by atoms with Crippen LogP contribution in [0.1, 0.15) is 31.4 Å². The van der Waals surface area contributed by atoms with Crippen LogP contribution in [0, 0.1) is 0 Å². The molecule has 0 aliphatic rings. The fourth-order valence-corrected chi connectivity index (χ4v) is 4.11. The zero-order chi connectivity index (χ0) is 18.1. The summed E-state index contributed by atoms with van der Waals surface area (Å²) in [6.45, 7) is 17.4. The maximum absolute atomic E-state index is 4.35. The van der Waals surface area contributed by atoms with Gasteiger partial charge in [-0.2, -0.15) is 0 Å². The Morgan fingerprint density at radius 2 is 1.48 bits per heavy atom. The Morgan fingerprint density at radius 3 is 1.92 bits per heavy atom. The SMILES string of the molecule is C=C(C)C(C(C)c1ccc(SC)cc1)n1c(=C)c2ccccc2c1=C. The van der Waals surface area contributed by atoms with Crippen molar-refractivity contribution >= 4 is 35.7 Å². The summed E-state index contributed by atoms with van der Waals surface area (Å²) < 4.78 is 2.26. The summed E-state index contributed by atoms with van der Waals surface area (Å²) in [6, 6.07) is 17.3. The van der Waals surface area contributed by atoms with Gasteiger partial charge in [-0.15, -0.1) is 11.8 Å². The van der Waals surface area contributed by atoms with Crippen molar-refractivity contribution in [3.63, 3.8) is 0 Å². The van der Waals surface area contributed by atoms with Gasteiger partial charge in [-0.05, 0) is 30.9 Å². The molecule has 0 bridgehead atoms. The lowest BCUT2D eigenvalue weighted by Gasteiger charge is -2.27. The minimum absolute atomic E-state index is 0.132. The third-order valence-electron chi connectivity index (χ3n) is 5.03. The van der Waals surface area contributed by atoms with Crippen molar-refractivity contribution in [1.82, 2.24) is 4.57 Å². The van der Waals surface area contributed by atoms with Gasteiger partial charge in [0.05, 0.1) is 6.04 Å². The number of hydrogen-bond acceptors (Lipinski definition) is 1. The monoisotopic (exact) mass is 347 g/mol. The predicted octanol–water partition coefficient (Wildman–Crippen LogP) is 5.10. The molecule has 3 aromatic rings. The summed E-state index contributed by atoms with van der Waals surface area (Å²) >= 11 is 1.77. The molecule has 0 aliphatic heterocycles. The number of hydrogen-bond donors (Lipinski definition) is 0. The van der Waals surface area contributed by atoms with Crippen molar-refractivity contribution < 1.29 is 0 Å². The maximum atomic E-state index is 4.35. The van der Waals surface area contributed by atoms with Gasteiger partial charge in [-0.3, -0.25) is 0 Å². The third kappa shape index (κ3) is 3.07. The summed E-state index contributed by atoms with van der Waals surface area (Å²) in [5, 5.41) is 4.37. The van der Waals surface area contributed by atoms with Crippen molar-refractivity contribution in [2.24, 2.45) is 0 Å². The molecule has 1 heterocycles. The van der Waals surface area contributed by atoms with E-state index >= 15 is 0 Å². The van der Waals surface area contributed by atoms with E-state index in [1.54, 1.807) is 11.8 Å². The van der Waals surface area contributed by atoms with Gasteiger partial charge in [-0.1, -0.05) is 68.6 Å². The van der Waals surface area contributed by atoms with Gasteiger partial charge in [0.15, 0.2) is 0 Å². The quantitative estimate of drug-likeness (QED) is 0.459. The van der Waals surface area contributed by atoms with E-state index in [9.17, 15) is 0 Å².